The van der Waals surface area contributed by atoms with Crippen LogP contribution in [0.3, 0.4) is 0 Å². The number of likely N-dealkylation sites (N-methyl/N-ethyl adjacent to an activating group) is 1. The summed E-state index contributed by atoms with van der Waals surface area (Å²) in [5.74, 6) is -0.491. The van der Waals surface area contributed by atoms with Crippen LogP contribution in [0.5, 0.6) is 5.75 Å². The minimum atomic E-state index is -0.457. The van der Waals surface area contributed by atoms with Gasteiger partial charge in [-0.2, -0.15) is 0 Å². The third kappa shape index (κ3) is 5.47. The van der Waals surface area contributed by atoms with Crippen molar-refractivity contribution in [3.8, 4) is 5.75 Å². The Balaban J connectivity index is 2.23. The molecule has 148 valence electrons. The number of aldehydes is 3. The number of nitrogens with zero attached hydrogens (tertiary/aromatic N) is 1. The lowest BCUT2D eigenvalue weighted by molar-refractivity contribution is -0.113. The van der Waals surface area contributed by atoms with Crippen LogP contribution in [-0.2, 0) is 22.7 Å². The van der Waals surface area contributed by atoms with Gasteiger partial charge in [0.25, 0.3) is 0 Å². The van der Waals surface area contributed by atoms with Crippen molar-refractivity contribution < 1.29 is 23.9 Å². The number of phenolic OH excluding ortho intramolecular Hbond substituents is 1. The van der Waals surface area contributed by atoms with Crippen LogP contribution in [0, 0.1) is 5.82 Å². The fourth-order valence-corrected chi connectivity index (χ4v) is 2.94. The van der Waals surface area contributed by atoms with E-state index in [9.17, 15) is 23.9 Å². The van der Waals surface area contributed by atoms with Crippen LogP contribution in [0.4, 0.5) is 10.1 Å². The van der Waals surface area contributed by atoms with Gasteiger partial charge in [0.05, 0.1) is 6.04 Å². The van der Waals surface area contributed by atoms with Crippen molar-refractivity contribution in [1.29, 1.82) is 0 Å². The molecule has 2 aromatic carbocycles. The molecule has 2 aromatic rings. The molecule has 0 spiro atoms. The summed E-state index contributed by atoms with van der Waals surface area (Å²) in [4.78, 5) is 35.2. The number of benzene rings is 2. The van der Waals surface area contributed by atoms with Crippen LogP contribution in [0.1, 0.15) is 34.3 Å². The summed E-state index contributed by atoms with van der Waals surface area (Å²) in [6, 6.07) is 8.46. The van der Waals surface area contributed by atoms with Gasteiger partial charge in [0.2, 0.25) is 0 Å². The lowest BCUT2D eigenvalue weighted by atomic mass is 10.0. The molecular weight excluding hydrogens is 363 g/mol. The van der Waals surface area contributed by atoms with E-state index in [4.69, 9.17) is 0 Å². The standard InChI is InChI=1S/C21H23FN2O4/c1-24(17(14-27)5-3-9-25)12-19-15(13-26)4-2-6-21(19)23-11-16-10-18(28)7-8-20(16)22/h2,4,6-10,13-14,17,23,28H,3,5,11-12H2,1H3. The molecule has 0 aliphatic carbocycles. The Labute approximate surface area is 163 Å². The molecule has 2 N–H and O–H groups in total. The molecule has 1 atom stereocenters. The number of nitrogens with one attached hydrogen (secondary N) is 1. The molecule has 0 aliphatic heterocycles. The summed E-state index contributed by atoms with van der Waals surface area (Å²) in [7, 11) is 1.74. The van der Waals surface area contributed by atoms with E-state index in [-0.39, 0.29) is 24.3 Å². The summed E-state index contributed by atoms with van der Waals surface area (Å²) < 4.78 is 13.9. The first kappa shape index (κ1) is 21.2. The third-order valence-electron chi connectivity index (χ3n) is 4.55. The number of hydrogen-bond donors (Lipinski definition) is 2. The van der Waals surface area contributed by atoms with E-state index >= 15 is 0 Å². The second-order valence-corrected chi connectivity index (χ2v) is 6.48. The highest BCUT2D eigenvalue weighted by Crippen LogP contribution is 2.24. The lowest BCUT2D eigenvalue weighted by Crippen LogP contribution is -2.33. The molecule has 0 saturated heterocycles. The van der Waals surface area contributed by atoms with Crippen molar-refractivity contribution >= 4 is 24.5 Å². The van der Waals surface area contributed by atoms with Crippen LogP contribution in [0.25, 0.3) is 0 Å². The average molecular weight is 386 g/mol. The SMILES string of the molecule is CN(Cc1c(C=O)cccc1NCc1cc(O)ccc1F)C(C=O)CCC=O. The number of aromatic hydroxyl groups is 1. The normalized spacial score (nSPS) is 11.8. The summed E-state index contributed by atoms with van der Waals surface area (Å²) in [6.07, 6.45) is 2.93. The molecule has 2 rings (SSSR count). The molecule has 1 unspecified atom stereocenters. The van der Waals surface area contributed by atoms with Crippen molar-refractivity contribution in [3.05, 3.63) is 58.9 Å². The molecule has 0 aromatic heterocycles. The predicted molar refractivity (Wildman–Crippen MR) is 104 cm³/mol. The Morgan fingerprint density at radius 1 is 1.21 bits per heavy atom. The number of phenols is 1. The fraction of sp³-hybridized carbons (Fsp3) is 0.286. The summed E-state index contributed by atoms with van der Waals surface area (Å²) >= 11 is 0. The van der Waals surface area contributed by atoms with E-state index in [2.05, 4.69) is 5.32 Å². The van der Waals surface area contributed by atoms with E-state index in [1.807, 2.05) is 0 Å². The zero-order chi connectivity index (χ0) is 20.5. The largest absolute Gasteiger partial charge is 0.508 e. The van der Waals surface area contributed by atoms with Crippen molar-refractivity contribution in [2.45, 2.75) is 32.0 Å². The van der Waals surface area contributed by atoms with Gasteiger partial charge >= 0.3 is 0 Å². The molecular formula is C21H23FN2O4. The first-order valence-electron chi connectivity index (χ1n) is 8.87. The topological polar surface area (TPSA) is 86.7 Å². The Hall–Kier alpha value is -3.06. The highest BCUT2D eigenvalue weighted by atomic mass is 19.1. The van der Waals surface area contributed by atoms with Crippen molar-refractivity contribution in [2.24, 2.45) is 0 Å². The molecule has 0 bridgehead atoms. The molecule has 28 heavy (non-hydrogen) atoms. The minimum Gasteiger partial charge on any atom is -0.508 e. The lowest BCUT2D eigenvalue weighted by Gasteiger charge is -2.25. The number of rotatable bonds is 11. The molecule has 0 heterocycles. The number of halogens is 1. The highest BCUT2D eigenvalue weighted by Gasteiger charge is 2.17. The Morgan fingerprint density at radius 2 is 2.00 bits per heavy atom. The quantitative estimate of drug-likeness (QED) is 0.578. The smallest absolute Gasteiger partial charge is 0.150 e. The van der Waals surface area contributed by atoms with Gasteiger partial charge < -0.3 is 20.0 Å². The maximum Gasteiger partial charge on any atom is 0.150 e. The molecule has 0 aliphatic rings. The van der Waals surface area contributed by atoms with Gasteiger partial charge in [-0.1, -0.05) is 12.1 Å². The fourth-order valence-electron chi connectivity index (χ4n) is 2.94. The second-order valence-electron chi connectivity index (χ2n) is 6.48. The monoisotopic (exact) mass is 386 g/mol. The Kier molecular flexibility index (Phi) is 7.83. The van der Waals surface area contributed by atoms with Gasteiger partial charge in [-0.15, -0.1) is 0 Å². The number of carbonyl (C=O) groups is 3. The van der Waals surface area contributed by atoms with Gasteiger partial charge in [-0.3, -0.25) is 9.69 Å². The van der Waals surface area contributed by atoms with Crippen LogP contribution in [-0.4, -0.2) is 42.0 Å². The van der Waals surface area contributed by atoms with Crippen molar-refractivity contribution in [2.75, 3.05) is 12.4 Å². The van der Waals surface area contributed by atoms with Crippen LogP contribution in [0.15, 0.2) is 36.4 Å². The summed E-state index contributed by atoms with van der Waals surface area (Å²) in [5, 5.41) is 12.6. The van der Waals surface area contributed by atoms with Crippen LogP contribution < -0.4 is 5.32 Å². The highest BCUT2D eigenvalue weighted by molar-refractivity contribution is 5.81. The summed E-state index contributed by atoms with van der Waals surface area (Å²) in [5.41, 5.74) is 2.03. The van der Waals surface area contributed by atoms with Gasteiger partial charge in [-0.25, -0.2) is 4.39 Å². The maximum absolute atomic E-state index is 13.9. The maximum atomic E-state index is 13.9. The second kappa shape index (κ2) is 10.3. The van der Waals surface area contributed by atoms with Gasteiger partial charge in [0.1, 0.15) is 30.4 Å². The first-order valence-corrected chi connectivity index (χ1v) is 8.87. The van der Waals surface area contributed by atoms with Crippen LogP contribution >= 0.6 is 0 Å². The van der Waals surface area contributed by atoms with Crippen LogP contribution in [0.2, 0.25) is 0 Å². The first-order chi connectivity index (χ1) is 13.5. The van der Waals surface area contributed by atoms with E-state index in [1.54, 1.807) is 30.1 Å². The molecule has 0 amide bonds. The Morgan fingerprint density at radius 3 is 2.68 bits per heavy atom. The molecule has 0 saturated carbocycles. The van der Waals surface area contributed by atoms with Crippen molar-refractivity contribution in [3.63, 3.8) is 0 Å². The van der Waals surface area contributed by atoms with E-state index in [0.717, 1.165) is 18.9 Å². The van der Waals surface area contributed by atoms with E-state index < -0.39 is 11.9 Å². The number of carbonyl (C=O) groups excluding carboxylic acids is 3. The van der Waals surface area contributed by atoms with Crippen molar-refractivity contribution in [1.82, 2.24) is 4.90 Å². The molecule has 0 radical (unpaired) electrons. The van der Waals surface area contributed by atoms with Gasteiger partial charge in [0, 0.05) is 36.3 Å². The zero-order valence-corrected chi connectivity index (χ0v) is 15.6. The minimum absolute atomic E-state index is 0.0381. The van der Waals surface area contributed by atoms with Gasteiger partial charge in [-0.05, 0) is 43.3 Å². The van der Waals surface area contributed by atoms with E-state index in [0.29, 0.717) is 29.8 Å². The Bertz CT molecular complexity index is 841. The zero-order valence-electron chi connectivity index (χ0n) is 15.6. The molecule has 0 fully saturated rings. The molecule has 7 heteroatoms. The number of anilines is 1. The third-order valence-corrected chi connectivity index (χ3v) is 4.55. The predicted octanol–water partition coefficient (Wildman–Crippen LogP) is 2.93. The van der Waals surface area contributed by atoms with E-state index in [1.165, 1.54) is 18.2 Å². The number of hydrogen-bond acceptors (Lipinski definition) is 6. The average Bonchev–Trinajstić information content (AvgIpc) is 2.70. The van der Waals surface area contributed by atoms with Gasteiger partial charge in [0.15, 0.2) is 0 Å². The molecule has 6 nitrogen and oxygen atoms in total. The summed E-state index contributed by atoms with van der Waals surface area (Å²) in [6.45, 7) is 0.406.